The van der Waals surface area contributed by atoms with E-state index in [9.17, 15) is 9.59 Å². The van der Waals surface area contributed by atoms with Gasteiger partial charge in [-0.1, -0.05) is 18.1 Å². The number of likely N-dealkylation sites (N-methyl/N-ethyl adjacent to an activating group) is 1. The molecular weight excluding hydrogens is 320 g/mol. The molecule has 2 aromatic rings. The Bertz CT molecular complexity index is 962. The molecule has 0 spiro atoms. The molecule has 7 nitrogen and oxygen atoms in total. The summed E-state index contributed by atoms with van der Waals surface area (Å²) >= 11 is 0. The lowest BCUT2D eigenvalue weighted by atomic mass is 10.1. The molecule has 0 saturated carbocycles. The van der Waals surface area contributed by atoms with Gasteiger partial charge in [-0.3, -0.25) is 9.59 Å². The van der Waals surface area contributed by atoms with Crippen molar-refractivity contribution >= 4 is 11.8 Å². The molecule has 2 aliphatic rings. The minimum Gasteiger partial charge on any atom is -0.364 e. The zero-order chi connectivity index (χ0) is 17.6. The number of morpholine rings is 1. The van der Waals surface area contributed by atoms with Crippen LogP contribution in [0.25, 0.3) is 11.4 Å². The van der Waals surface area contributed by atoms with Crippen LogP contribution < -0.4 is 5.73 Å². The predicted molar refractivity (Wildman–Crippen MR) is 88.1 cm³/mol. The van der Waals surface area contributed by atoms with Crippen LogP contribution in [0, 0.1) is 11.8 Å². The molecule has 1 aromatic carbocycles. The first-order chi connectivity index (χ1) is 12.0. The van der Waals surface area contributed by atoms with E-state index in [1.165, 1.54) is 12.3 Å². The average molecular weight is 334 g/mol. The molecule has 4 rings (SSSR count). The molecule has 0 aliphatic carbocycles. The quantitative estimate of drug-likeness (QED) is 0.624. The lowest BCUT2D eigenvalue weighted by molar-refractivity contribution is -0.132. The van der Waals surface area contributed by atoms with Crippen molar-refractivity contribution in [3.8, 4) is 23.2 Å². The van der Waals surface area contributed by atoms with Crippen molar-refractivity contribution in [3.63, 3.8) is 0 Å². The molecule has 3 heterocycles. The number of primary amides is 1. The van der Waals surface area contributed by atoms with E-state index >= 15 is 0 Å². The van der Waals surface area contributed by atoms with Crippen molar-refractivity contribution < 1.29 is 14.3 Å². The standard InChI is InChI=1S/C18H14N4O3/c1-22-10-14-18(25-14,17(22)24)7-5-11-3-2-4-12(9-11)16-20-8-6-13(21-16)15(19)23/h2-4,6,8-9,14H,10H2,1H3,(H2,19,23). The van der Waals surface area contributed by atoms with Crippen molar-refractivity contribution in [3.05, 3.63) is 47.8 Å². The van der Waals surface area contributed by atoms with Gasteiger partial charge in [0.2, 0.25) is 5.60 Å². The molecule has 1 aromatic heterocycles. The zero-order valence-corrected chi connectivity index (χ0v) is 13.4. The number of carbonyl (C=O) groups is 2. The smallest absolute Gasteiger partial charge is 0.270 e. The Morgan fingerprint density at radius 1 is 1.44 bits per heavy atom. The number of aromatic nitrogens is 2. The first kappa shape index (κ1) is 15.3. The van der Waals surface area contributed by atoms with Crippen molar-refractivity contribution in [1.29, 1.82) is 0 Å². The van der Waals surface area contributed by atoms with Crippen molar-refractivity contribution in [2.75, 3.05) is 13.6 Å². The van der Waals surface area contributed by atoms with Crippen LogP contribution in [0.3, 0.4) is 0 Å². The number of benzene rings is 1. The third-order valence-corrected chi connectivity index (χ3v) is 4.25. The van der Waals surface area contributed by atoms with Gasteiger partial charge in [0, 0.05) is 24.4 Å². The van der Waals surface area contributed by atoms with E-state index in [4.69, 9.17) is 10.5 Å². The van der Waals surface area contributed by atoms with E-state index in [1.54, 1.807) is 18.0 Å². The van der Waals surface area contributed by atoms with Gasteiger partial charge in [0.1, 0.15) is 11.8 Å². The number of rotatable bonds is 2. The number of fused-ring (bicyclic) bond motifs is 1. The maximum absolute atomic E-state index is 12.1. The maximum atomic E-state index is 12.1. The van der Waals surface area contributed by atoms with Crippen LogP contribution >= 0.6 is 0 Å². The summed E-state index contributed by atoms with van der Waals surface area (Å²) in [7, 11) is 1.74. The minimum atomic E-state index is -0.979. The second-order valence-electron chi connectivity index (χ2n) is 5.99. The van der Waals surface area contributed by atoms with Gasteiger partial charge in [-0.05, 0) is 24.1 Å². The predicted octanol–water partition coefficient (Wildman–Crippen LogP) is 0.204. The van der Waals surface area contributed by atoms with Gasteiger partial charge in [0.05, 0.1) is 6.54 Å². The maximum Gasteiger partial charge on any atom is 0.270 e. The van der Waals surface area contributed by atoms with Gasteiger partial charge >= 0.3 is 0 Å². The molecule has 2 amide bonds. The second kappa shape index (κ2) is 5.40. The van der Waals surface area contributed by atoms with Gasteiger partial charge in [0.15, 0.2) is 5.82 Å². The second-order valence-corrected chi connectivity index (χ2v) is 5.99. The first-order valence-electron chi connectivity index (χ1n) is 7.69. The molecule has 0 radical (unpaired) electrons. The summed E-state index contributed by atoms with van der Waals surface area (Å²) in [5.74, 6) is 5.63. The Morgan fingerprint density at radius 3 is 3.00 bits per heavy atom. The number of amides is 2. The number of hydrogen-bond donors (Lipinski definition) is 1. The Balaban J connectivity index is 1.64. The third-order valence-electron chi connectivity index (χ3n) is 4.25. The van der Waals surface area contributed by atoms with Crippen molar-refractivity contribution in [2.24, 2.45) is 5.73 Å². The highest BCUT2D eigenvalue weighted by Crippen LogP contribution is 2.43. The van der Waals surface area contributed by atoms with Gasteiger partial charge in [-0.15, -0.1) is 0 Å². The topological polar surface area (TPSA) is 102 Å². The van der Waals surface area contributed by atoms with Crippen LogP contribution in [0.15, 0.2) is 36.5 Å². The monoisotopic (exact) mass is 334 g/mol. The van der Waals surface area contributed by atoms with Gasteiger partial charge in [-0.2, -0.15) is 0 Å². The van der Waals surface area contributed by atoms with E-state index in [0.717, 1.165) is 0 Å². The molecule has 124 valence electrons. The molecule has 2 saturated heterocycles. The van der Waals surface area contributed by atoms with Crippen LogP contribution in [0.5, 0.6) is 0 Å². The molecule has 0 bridgehead atoms. The Kier molecular flexibility index (Phi) is 3.30. The molecule has 2 fully saturated rings. The fourth-order valence-corrected chi connectivity index (χ4v) is 2.86. The number of nitrogens with zero attached hydrogens (tertiary/aromatic N) is 3. The van der Waals surface area contributed by atoms with Crippen LogP contribution in [-0.4, -0.2) is 52.0 Å². The van der Waals surface area contributed by atoms with E-state index in [2.05, 4.69) is 21.8 Å². The van der Waals surface area contributed by atoms with Gasteiger partial charge in [0.25, 0.3) is 11.8 Å². The minimum absolute atomic E-state index is 0.0985. The number of epoxide rings is 1. The highest BCUT2D eigenvalue weighted by Gasteiger charge is 2.68. The molecule has 2 unspecified atom stereocenters. The van der Waals surface area contributed by atoms with Crippen LogP contribution in [0.2, 0.25) is 0 Å². The largest absolute Gasteiger partial charge is 0.364 e. The fourth-order valence-electron chi connectivity index (χ4n) is 2.86. The lowest BCUT2D eigenvalue weighted by Crippen LogP contribution is -2.31. The Hall–Kier alpha value is -3.24. The zero-order valence-electron chi connectivity index (χ0n) is 13.4. The number of likely N-dealkylation sites (tertiary alicyclic amines) is 1. The highest BCUT2D eigenvalue weighted by atomic mass is 16.6. The fraction of sp³-hybridized carbons (Fsp3) is 0.222. The Labute approximate surface area is 143 Å². The average Bonchev–Trinajstić information content (AvgIpc) is 3.27. The number of nitrogens with two attached hydrogens (primary N) is 1. The van der Waals surface area contributed by atoms with Gasteiger partial charge in [-0.25, -0.2) is 9.97 Å². The number of hydrogen-bond acceptors (Lipinski definition) is 5. The van der Waals surface area contributed by atoms with E-state index in [-0.39, 0.29) is 17.7 Å². The number of carbonyl (C=O) groups excluding carboxylic acids is 2. The number of ether oxygens (including phenoxy) is 1. The summed E-state index contributed by atoms with van der Waals surface area (Å²) in [6.07, 6.45) is 1.34. The summed E-state index contributed by atoms with van der Waals surface area (Å²) in [6.45, 7) is 0.571. The first-order valence-corrected chi connectivity index (χ1v) is 7.69. The summed E-state index contributed by atoms with van der Waals surface area (Å²) in [4.78, 5) is 33.3. The summed E-state index contributed by atoms with van der Waals surface area (Å²) < 4.78 is 5.46. The van der Waals surface area contributed by atoms with Crippen molar-refractivity contribution in [1.82, 2.24) is 14.9 Å². The lowest BCUT2D eigenvalue weighted by Gasteiger charge is -2.10. The molecule has 2 N–H and O–H groups in total. The van der Waals surface area contributed by atoms with E-state index in [1.807, 2.05) is 18.2 Å². The van der Waals surface area contributed by atoms with E-state index < -0.39 is 11.5 Å². The highest BCUT2D eigenvalue weighted by molar-refractivity contribution is 5.95. The van der Waals surface area contributed by atoms with Crippen LogP contribution in [-0.2, 0) is 9.53 Å². The van der Waals surface area contributed by atoms with Crippen molar-refractivity contribution in [2.45, 2.75) is 11.7 Å². The molecule has 7 heteroatoms. The van der Waals surface area contributed by atoms with E-state index in [0.29, 0.717) is 23.5 Å². The molecule has 2 atom stereocenters. The van der Waals surface area contributed by atoms with Crippen LogP contribution in [0.1, 0.15) is 16.1 Å². The van der Waals surface area contributed by atoms with Gasteiger partial charge < -0.3 is 15.4 Å². The Morgan fingerprint density at radius 2 is 2.28 bits per heavy atom. The summed E-state index contributed by atoms with van der Waals surface area (Å²) in [5.41, 5.74) is 5.83. The molecule has 25 heavy (non-hydrogen) atoms. The summed E-state index contributed by atoms with van der Waals surface area (Å²) in [5, 5.41) is 0. The third kappa shape index (κ3) is 2.53. The normalized spacial score (nSPS) is 23.6. The molecule has 2 aliphatic heterocycles. The molecular formula is C18H14N4O3. The summed E-state index contributed by atoms with van der Waals surface area (Å²) in [6, 6.07) is 8.71. The van der Waals surface area contributed by atoms with Crippen LogP contribution in [0.4, 0.5) is 0 Å². The SMILES string of the molecule is CN1CC2OC2(C#Cc2cccc(-c3nccc(C(N)=O)n3)c2)C1=O.